The van der Waals surface area contributed by atoms with E-state index in [4.69, 9.17) is 0 Å². The fourth-order valence-electron chi connectivity index (χ4n) is 0. The first-order chi connectivity index (χ1) is 0. The van der Waals surface area contributed by atoms with Crippen LogP contribution < -0.4 is 0 Å². The molecule has 6 heteroatoms. The van der Waals surface area contributed by atoms with Crippen molar-refractivity contribution in [2.24, 2.45) is 0 Å². The summed E-state index contributed by atoms with van der Waals surface area (Å²) in [5.74, 6) is 0. The van der Waals surface area contributed by atoms with Crippen molar-refractivity contribution in [1.82, 2.24) is 0 Å². The van der Waals surface area contributed by atoms with Crippen molar-refractivity contribution in [2.45, 2.75) is 0 Å². The van der Waals surface area contributed by atoms with Gasteiger partial charge in [-0.15, -0.1) is 0 Å². The minimum absolute atomic E-state index is 0. The summed E-state index contributed by atoms with van der Waals surface area (Å²) in [6.07, 6.45) is 0. The zero-order chi connectivity index (χ0) is 0. The summed E-state index contributed by atoms with van der Waals surface area (Å²) < 4.78 is 0. The Morgan fingerprint density at radius 3 is 0.500 bits per heavy atom. The predicted molar refractivity (Wildman–Crippen MR) is 8.54 cm³/mol. The van der Waals surface area contributed by atoms with Crippen molar-refractivity contribution in [2.75, 3.05) is 0 Å². The van der Waals surface area contributed by atoms with Crippen LogP contribution in [0.1, 0.15) is 0 Å². The molecule has 0 unspecified atom stereocenters. The van der Waals surface area contributed by atoms with E-state index in [0.29, 0.717) is 0 Å². The van der Waals surface area contributed by atoms with Crippen LogP contribution in [0.2, 0.25) is 0 Å². The molecular weight excluding hydrogens is 498 g/mol. The Morgan fingerprint density at radius 2 is 0.500 bits per heavy atom. The third-order valence-electron chi connectivity index (χ3n) is 0. The molecule has 0 heterocycles. The summed E-state index contributed by atoms with van der Waals surface area (Å²) in [5, 5.41) is 0. The molecule has 4 radical (unpaired) electrons. The van der Waals surface area contributed by atoms with Gasteiger partial charge in [0, 0.05) is 109 Å². The Balaban J connectivity index is 0. The molecule has 0 aromatic rings. The molecule has 0 atom stereocenters. The second-order valence-electron chi connectivity index (χ2n) is 0. The average Bonchev–Trinajstić information content (AvgIpc) is 0. The van der Waals surface area contributed by atoms with Gasteiger partial charge >= 0.3 is 0 Å². The SMILES string of the molecule is [AlH2].[Mo].[Mo].[Nb].[Nb].[Nb]. The van der Waals surface area contributed by atoms with Crippen molar-refractivity contribution >= 4 is 17.4 Å². The zero-order valence-corrected chi connectivity index (χ0v) is 15.8. The molecule has 0 aromatic heterocycles. The Morgan fingerprint density at radius 1 is 0.500 bits per heavy atom. The van der Waals surface area contributed by atoms with E-state index >= 15 is 0 Å². The van der Waals surface area contributed by atoms with Crippen molar-refractivity contribution in [3.05, 3.63) is 0 Å². The summed E-state index contributed by atoms with van der Waals surface area (Å²) in [7, 11) is 0. The molecule has 0 saturated carbocycles. The van der Waals surface area contributed by atoms with Gasteiger partial charge in [-0.2, -0.15) is 0 Å². The van der Waals surface area contributed by atoms with E-state index in [1.54, 1.807) is 0 Å². The second kappa shape index (κ2) is 35.4. The van der Waals surface area contributed by atoms with Crippen LogP contribution in [0.25, 0.3) is 0 Å². The smallest absolute Gasteiger partial charge is 0 e. The van der Waals surface area contributed by atoms with E-state index in [-0.39, 0.29) is 127 Å². The molecule has 0 aliphatic rings. The van der Waals surface area contributed by atoms with E-state index < -0.39 is 0 Å². The molecule has 0 bridgehead atoms. The van der Waals surface area contributed by atoms with Gasteiger partial charge in [-0.05, 0) is 0 Å². The van der Waals surface area contributed by atoms with Gasteiger partial charge < -0.3 is 0 Å². The van der Waals surface area contributed by atoms with Gasteiger partial charge in [0.1, 0.15) is 17.4 Å². The van der Waals surface area contributed by atoms with Crippen LogP contribution in [0, 0.1) is 0 Å². The fraction of sp³-hybridized carbons (Fsp3) is 0. The van der Waals surface area contributed by atoms with Gasteiger partial charge in [-0.1, -0.05) is 0 Å². The monoisotopic (exact) mass is 504 g/mol. The predicted octanol–water partition coefficient (Wildman–Crippen LogP) is -0.929. The van der Waals surface area contributed by atoms with Gasteiger partial charge in [0.15, 0.2) is 0 Å². The fourth-order valence-corrected chi connectivity index (χ4v) is 0. The average molecular weight is 500 g/mol. The maximum atomic E-state index is 0. The van der Waals surface area contributed by atoms with Crippen LogP contribution in [-0.2, 0) is 109 Å². The van der Waals surface area contributed by atoms with Crippen LogP contribution in [0.5, 0.6) is 0 Å². The Bertz CT molecular complexity index is 8.75. The molecule has 0 fully saturated rings. The standard InChI is InChI=1S/Al.2Mo.3Nb.2H. The molecule has 0 aromatic carbocycles. The van der Waals surface area contributed by atoms with Gasteiger partial charge in [0.2, 0.25) is 0 Å². The Kier molecular flexibility index (Phi) is 292. The summed E-state index contributed by atoms with van der Waals surface area (Å²) in [4.78, 5) is 0. The third-order valence-corrected chi connectivity index (χ3v) is 0. The molecule has 0 amide bonds. The summed E-state index contributed by atoms with van der Waals surface area (Å²) in [6.45, 7) is 0. The summed E-state index contributed by atoms with van der Waals surface area (Å²) in [6, 6.07) is 0. The molecule has 0 N–H and O–H groups in total. The van der Waals surface area contributed by atoms with Crippen LogP contribution >= 0.6 is 0 Å². The largest absolute Gasteiger partial charge is 0.146 e. The maximum absolute atomic E-state index is 0. The molecule has 0 saturated heterocycles. The van der Waals surface area contributed by atoms with Gasteiger partial charge in [-0.25, -0.2) is 0 Å². The quantitative estimate of drug-likeness (QED) is 0.378. The minimum atomic E-state index is 0. The first-order valence-corrected chi connectivity index (χ1v) is 0. The number of hydrogen-bond acceptors (Lipinski definition) is 0. The van der Waals surface area contributed by atoms with Gasteiger partial charge in [-0.3, -0.25) is 0 Å². The molecule has 0 nitrogen and oxygen atoms in total. The summed E-state index contributed by atoms with van der Waals surface area (Å²) >= 11 is 0. The molecule has 0 rings (SSSR count). The summed E-state index contributed by atoms with van der Waals surface area (Å²) in [5.41, 5.74) is 0. The normalized spacial score (nSPS) is 0. The second-order valence-corrected chi connectivity index (χ2v) is 0. The van der Waals surface area contributed by atoms with Crippen LogP contribution in [0.15, 0.2) is 0 Å². The van der Waals surface area contributed by atoms with Crippen molar-refractivity contribution in [3.63, 3.8) is 0 Å². The number of hydrogen-bond donors (Lipinski definition) is 0. The van der Waals surface area contributed by atoms with E-state index in [9.17, 15) is 0 Å². The first-order valence-electron chi connectivity index (χ1n) is 0. The molecule has 6 heavy (non-hydrogen) atoms. The van der Waals surface area contributed by atoms with E-state index in [1.807, 2.05) is 0 Å². The van der Waals surface area contributed by atoms with Gasteiger partial charge in [0.05, 0.1) is 0 Å². The van der Waals surface area contributed by atoms with E-state index in [1.165, 1.54) is 0 Å². The molecular formula is H2AlMo2Nb3. The first kappa shape index (κ1) is 49.5. The van der Waals surface area contributed by atoms with E-state index in [2.05, 4.69) is 0 Å². The van der Waals surface area contributed by atoms with Crippen LogP contribution in [0.4, 0.5) is 0 Å². The van der Waals surface area contributed by atoms with Crippen LogP contribution in [0.3, 0.4) is 0 Å². The molecule has 0 aliphatic heterocycles. The Hall–Kier alpha value is 4.13. The molecule has 0 spiro atoms. The molecule has 0 aliphatic carbocycles. The minimum Gasteiger partial charge on any atom is 0 e. The third kappa shape index (κ3) is 24.2. The zero-order valence-electron chi connectivity index (χ0n) is 3.16. The van der Waals surface area contributed by atoms with Crippen molar-refractivity contribution in [1.29, 1.82) is 0 Å². The van der Waals surface area contributed by atoms with Crippen LogP contribution in [-0.4, -0.2) is 17.4 Å². The van der Waals surface area contributed by atoms with Crippen molar-refractivity contribution < 1.29 is 109 Å². The number of rotatable bonds is 0. The maximum Gasteiger partial charge on any atom is 0.146 e. The molecule has 32 valence electrons. The topological polar surface area (TPSA) is 0 Å². The van der Waals surface area contributed by atoms with E-state index in [0.717, 1.165) is 0 Å². The van der Waals surface area contributed by atoms with Gasteiger partial charge in [0.25, 0.3) is 0 Å². The Labute approximate surface area is 124 Å². The van der Waals surface area contributed by atoms with Crippen molar-refractivity contribution in [3.8, 4) is 0 Å².